The molecule has 6 aromatic carbocycles. The summed E-state index contributed by atoms with van der Waals surface area (Å²) in [7, 11) is 0. The van der Waals surface area contributed by atoms with E-state index in [1.54, 1.807) is 11.1 Å². The zero-order chi connectivity index (χ0) is 36.9. The van der Waals surface area contributed by atoms with Gasteiger partial charge in [-0.25, -0.2) is 0 Å². The van der Waals surface area contributed by atoms with Gasteiger partial charge in [-0.05, 0) is 164 Å². The van der Waals surface area contributed by atoms with Gasteiger partial charge in [-0.15, -0.1) is 0 Å². The monoisotopic (exact) mass is 713 g/mol. The van der Waals surface area contributed by atoms with Crippen LogP contribution in [0.2, 0.25) is 0 Å². The van der Waals surface area contributed by atoms with E-state index < -0.39 is 0 Å². The molecule has 0 radical (unpaired) electrons. The summed E-state index contributed by atoms with van der Waals surface area (Å²) in [5.41, 5.74) is 19.3. The molecule has 2 spiro atoms. The second-order valence-corrected chi connectivity index (χ2v) is 19.6. The summed E-state index contributed by atoms with van der Waals surface area (Å²) in [5, 5.41) is 0. The highest BCUT2D eigenvalue weighted by Crippen LogP contribution is 2.90. The second-order valence-electron chi connectivity index (χ2n) is 19.6. The zero-order valence-corrected chi connectivity index (χ0v) is 32.8. The Kier molecular flexibility index (Phi) is 6.42. The van der Waals surface area contributed by atoms with Crippen LogP contribution >= 0.6 is 0 Å². The van der Waals surface area contributed by atoms with Crippen LogP contribution in [0.4, 0.5) is 17.1 Å². The summed E-state index contributed by atoms with van der Waals surface area (Å²) in [5.74, 6) is 3.41. The molecule has 6 aliphatic carbocycles. The van der Waals surface area contributed by atoms with Crippen LogP contribution in [0.25, 0.3) is 33.4 Å². The zero-order valence-electron chi connectivity index (χ0n) is 32.8. The van der Waals surface area contributed by atoms with Crippen molar-refractivity contribution < 1.29 is 0 Å². The molecule has 2 bridgehead atoms. The number of rotatable bonds is 5. The van der Waals surface area contributed by atoms with E-state index in [0.717, 1.165) is 23.7 Å². The van der Waals surface area contributed by atoms with Gasteiger partial charge in [-0.2, -0.15) is 0 Å². The van der Waals surface area contributed by atoms with Crippen LogP contribution in [0.5, 0.6) is 0 Å². The summed E-state index contributed by atoms with van der Waals surface area (Å²) < 4.78 is 0. The molecular formula is C54H51N. The molecule has 0 aliphatic heterocycles. The van der Waals surface area contributed by atoms with Gasteiger partial charge < -0.3 is 4.90 Å². The molecule has 0 heterocycles. The summed E-state index contributed by atoms with van der Waals surface area (Å²) in [6.45, 7) is 9.71. The molecule has 0 amide bonds. The van der Waals surface area contributed by atoms with Crippen LogP contribution in [0.1, 0.15) is 88.5 Å². The SMILES string of the molecule is CC1(C)CCC(C)(C)c2cc(-c3ccc(N(c4ccc(-c5ccccc5)cc4)c4cccc5c4C4(c6ccccc6-5)C5CC6CC7CC4C75C6)cc3)ccc21. The fourth-order valence-electron chi connectivity index (χ4n) is 14.0. The van der Waals surface area contributed by atoms with Crippen molar-refractivity contribution in [2.24, 2.45) is 29.1 Å². The highest BCUT2D eigenvalue weighted by molar-refractivity contribution is 5.93. The largest absolute Gasteiger partial charge is 0.310 e. The van der Waals surface area contributed by atoms with Crippen molar-refractivity contribution in [2.45, 2.75) is 82.5 Å². The number of hydrogen-bond donors (Lipinski definition) is 0. The van der Waals surface area contributed by atoms with E-state index in [1.807, 2.05) is 0 Å². The fraction of sp³-hybridized carbons (Fsp3) is 0.333. The van der Waals surface area contributed by atoms with Gasteiger partial charge in [0, 0.05) is 16.8 Å². The van der Waals surface area contributed by atoms with E-state index in [1.165, 1.54) is 100 Å². The fourth-order valence-corrected chi connectivity index (χ4v) is 14.0. The first-order chi connectivity index (χ1) is 26.7. The molecule has 4 saturated carbocycles. The average Bonchev–Trinajstić information content (AvgIpc) is 3.85. The maximum atomic E-state index is 2.61. The molecule has 6 aromatic rings. The maximum Gasteiger partial charge on any atom is 0.0509 e. The smallest absolute Gasteiger partial charge is 0.0509 e. The average molecular weight is 714 g/mol. The quantitative estimate of drug-likeness (QED) is 0.172. The summed E-state index contributed by atoms with van der Waals surface area (Å²) in [6.07, 6.45) is 8.25. The Morgan fingerprint density at radius 3 is 1.82 bits per heavy atom. The number of nitrogens with zero attached hydrogens (tertiary/aromatic N) is 1. The van der Waals surface area contributed by atoms with Crippen molar-refractivity contribution in [1.29, 1.82) is 0 Å². The van der Waals surface area contributed by atoms with Crippen molar-refractivity contribution in [3.05, 3.63) is 162 Å². The topological polar surface area (TPSA) is 3.24 Å². The minimum absolute atomic E-state index is 0.111. The third kappa shape index (κ3) is 4.10. The Morgan fingerprint density at radius 2 is 1.09 bits per heavy atom. The second kappa shape index (κ2) is 10.9. The molecule has 272 valence electrons. The van der Waals surface area contributed by atoms with Crippen molar-refractivity contribution in [3.8, 4) is 33.4 Å². The molecule has 12 rings (SSSR count). The Hall–Kier alpha value is -4.88. The van der Waals surface area contributed by atoms with Crippen LogP contribution in [0.15, 0.2) is 140 Å². The van der Waals surface area contributed by atoms with Gasteiger partial charge >= 0.3 is 0 Å². The van der Waals surface area contributed by atoms with Gasteiger partial charge in [-0.3, -0.25) is 0 Å². The molecule has 0 N–H and O–H groups in total. The number of anilines is 3. The van der Waals surface area contributed by atoms with Crippen LogP contribution in [-0.4, -0.2) is 0 Å². The van der Waals surface area contributed by atoms with Crippen molar-refractivity contribution in [3.63, 3.8) is 0 Å². The minimum Gasteiger partial charge on any atom is -0.310 e. The molecule has 0 aromatic heterocycles. The van der Waals surface area contributed by atoms with E-state index in [9.17, 15) is 0 Å². The van der Waals surface area contributed by atoms with Crippen molar-refractivity contribution in [2.75, 3.05) is 4.90 Å². The van der Waals surface area contributed by atoms with Gasteiger partial charge in [-0.1, -0.05) is 137 Å². The molecule has 1 nitrogen and oxygen atoms in total. The first kappa shape index (κ1) is 32.4. The lowest BCUT2D eigenvalue weighted by molar-refractivity contribution is -0.231. The van der Waals surface area contributed by atoms with E-state index >= 15 is 0 Å². The third-order valence-corrected chi connectivity index (χ3v) is 16.4. The van der Waals surface area contributed by atoms with Gasteiger partial charge in [0.15, 0.2) is 0 Å². The number of hydrogen-bond acceptors (Lipinski definition) is 1. The predicted octanol–water partition coefficient (Wildman–Crippen LogP) is 14.2. The maximum absolute atomic E-state index is 2.61. The summed E-state index contributed by atoms with van der Waals surface area (Å²) in [4.78, 5) is 2.61. The van der Waals surface area contributed by atoms with Gasteiger partial charge in [0.05, 0.1) is 5.69 Å². The third-order valence-electron chi connectivity index (χ3n) is 16.4. The lowest BCUT2D eigenvalue weighted by Crippen LogP contribution is -2.73. The van der Waals surface area contributed by atoms with Crippen LogP contribution < -0.4 is 4.90 Å². The van der Waals surface area contributed by atoms with Gasteiger partial charge in [0.2, 0.25) is 0 Å². The highest BCUT2D eigenvalue weighted by Gasteiger charge is 2.84. The molecule has 1 heteroatoms. The number of benzene rings is 6. The van der Waals surface area contributed by atoms with Crippen molar-refractivity contribution in [1.82, 2.24) is 0 Å². The molecule has 4 fully saturated rings. The standard InChI is InChI=1S/C54H51N/c1-51(2)27-28-52(3,4)46-31-38(21-26-45(46)51)37-19-24-41(25-20-37)55(40-22-17-36(18-23-40)35-11-6-5-7-12-35)47-16-10-14-43-42-13-8-9-15-44(42)54(50(43)47)48-30-34-29-39-32-49(54)53(39,48)33-34/h5-26,31,34,39,48-49H,27-30,32-33H2,1-4H3. The van der Waals surface area contributed by atoms with Crippen LogP contribution in [0, 0.1) is 29.1 Å². The Bertz CT molecular complexity index is 2520. The molecule has 0 saturated heterocycles. The molecular weight excluding hydrogens is 663 g/mol. The minimum atomic E-state index is 0.111. The first-order valence-corrected chi connectivity index (χ1v) is 21.1. The summed E-state index contributed by atoms with van der Waals surface area (Å²) in [6, 6.07) is 53.8. The van der Waals surface area contributed by atoms with E-state index in [0.29, 0.717) is 5.41 Å². The molecule has 55 heavy (non-hydrogen) atoms. The Balaban J connectivity index is 1.02. The van der Waals surface area contributed by atoms with E-state index in [-0.39, 0.29) is 16.2 Å². The van der Waals surface area contributed by atoms with Crippen molar-refractivity contribution >= 4 is 17.1 Å². The van der Waals surface area contributed by atoms with E-state index in [2.05, 4.69) is 172 Å². The Morgan fingerprint density at radius 1 is 0.491 bits per heavy atom. The van der Waals surface area contributed by atoms with Crippen LogP contribution in [0.3, 0.4) is 0 Å². The highest BCUT2D eigenvalue weighted by atomic mass is 15.1. The summed E-state index contributed by atoms with van der Waals surface area (Å²) >= 11 is 0. The lowest BCUT2D eigenvalue weighted by atomic mass is 9.26. The lowest BCUT2D eigenvalue weighted by Gasteiger charge is -2.76. The van der Waals surface area contributed by atoms with E-state index in [4.69, 9.17) is 0 Å². The van der Waals surface area contributed by atoms with Gasteiger partial charge in [0.25, 0.3) is 0 Å². The normalized spacial score (nSPS) is 29.1. The Labute approximate surface area is 327 Å². The first-order valence-electron chi connectivity index (χ1n) is 21.1. The molecule has 6 aliphatic rings. The predicted molar refractivity (Wildman–Crippen MR) is 228 cm³/mol. The van der Waals surface area contributed by atoms with Crippen LogP contribution in [-0.2, 0) is 16.2 Å². The molecule has 6 unspecified atom stereocenters. The molecule has 6 atom stereocenters. The number of fused-ring (bicyclic) bond motifs is 9. The van der Waals surface area contributed by atoms with Gasteiger partial charge in [0.1, 0.15) is 0 Å².